The highest BCUT2D eigenvalue weighted by atomic mass is 16.3. The van der Waals surface area contributed by atoms with Crippen molar-refractivity contribution in [3.8, 4) is 5.75 Å². The largest absolute Gasteiger partial charge is 0.508 e. The fourth-order valence-corrected chi connectivity index (χ4v) is 1.42. The Morgan fingerprint density at radius 1 is 1.57 bits per heavy atom. The van der Waals surface area contributed by atoms with Gasteiger partial charge in [-0.25, -0.2) is 0 Å². The molecule has 0 heterocycles. The zero-order valence-electron chi connectivity index (χ0n) is 8.47. The van der Waals surface area contributed by atoms with E-state index >= 15 is 0 Å². The smallest absolute Gasteiger partial charge is 0.210 e. The van der Waals surface area contributed by atoms with E-state index in [1.165, 1.54) is 0 Å². The highest BCUT2D eigenvalue weighted by Crippen LogP contribution is 2.21. The molecule has 1 unspecified atom stereocenters. The number of carbonyl (C=O) groups is 1. The van der Waals surface area contributed by atoms with E-state index in [0.717, 1.165) is 12.0 Å². The molecule has 0 bridgehead atoms. The molecule has 0 spiro atoms. The van der Waals surface area contributed by atoms with E-state index in [-0.39, 0.29) is 11.8 Å². The van der Waals surface area contributed by atoms with E-state index < -0.39 is 0 Å². The summed E-state index contributed by atoms with van der Waals surface area (Å²) in [4.78, 5) is 12.4. The summed E-state index contributed by atoms with van der Waals surface area (Å²) in [5.74, 6) is 0.233. The van der Waals surface area contributed by atoms with Gasteiger partial charge in [-0.1, -0.05) is 12.1 Å². The number of amides is 1. The predicted octanol–water partition coefficient (Wildman–Crippen LogP) is 1.93. The Balaban J connectivity index is 2.87. The molecule has 1 aromatic rings. The Bertz CT molecular complexity index is 312. The van der Waals surface area contributed by atoms with Crippen molar-refractivity contribution in [1.29, 1.82) is 0 Å². The summed E-state index contributed by atoms with van der Waals surface area (Å²) in [5.41, 5.74) is 0.943. The van der Waals surface area contributed by atoms with Crippen LogP contribution in [0.4, 0.5) is 0 Å². The molecular weight excluding hydrogens is 178 g/mol. The van der Waals surface area contributed by atoms with Crippen LogP contribution >= 0.6 is 0 Å². The topological polar surface area (TPSA) is 40.5 Å². The van der Waals surface area contributed by atoms with Gasteiger partial charge in [0.15, 0.2) is 0 Å². The van der Waals surface area contributed by atoms with Crippen LogP contribution in [0.15, 0.2) is 24.3 Å². The third kappa shape index (κ3) is 2.25. The lowest BCUT2D eigenvalue weighted by atomic mass is 10.1. The third-order valence-corrected chi connectivity index (χ3v) is 2.35. The van der Waals surface area contributed by atoms with Gasteiger partial charge in [0.25, 0.3) is 0 Å². The summed E-state index contributed by atoms with van der Waals surface area (Å²) < 4.78 is 0. The summed E-state index contributed by atoms with van der Waals surface area (Å²) in [6.45, 7) is 4.53. The van der Waals surface area contributed by atoms with Crippen molar-refractivity contribution in [1.82, 2.24) is 4.90 Å². The number of rotatable bonds is 4. The first-order chi connectivity index (χ1) is 6.69. The molecule has 0 aliphatic heterocycles. The lowest BCUT2D eigenvalue weighted by Gasteiger charge is -2.23. The van der Waals surface area contributed by atoms with Gasteiger partial charge in [-0.05, 0) is 31.5 Å². The molecule has 1 aromatic carbocycles. The molecule has 1 rings (SSSR count). The van der Waals surface area contributed by atoms with Gasteiger partial charge in [0.05, 0.1) is 6.04 Å². The number of phenolic OH excluding ortho intramolecular Hbond substituents is 1. The molecule has 0 aromatic heterocycles. The van der Waals surface area contributed by atoms with Crippen LogP contribution in [-0.4, -0.2) is 23.0 Å². The predicted molar refractivity (Wildman–Crippen MR) is 55.0 cm³/mol. The van der Waals surface area contributed by atoms with Gasteiger partial charge in [-0.2, -0.15) is 0 Å². The van der Waals surface area contributed by atoms with Gasteiger partial charge in [0.2, 0.25) is 6.41 Å². The lowest BCUT2D eigenvalue weighted by molar-refractivity contribution is -0.119. The summed E-state index contributed by atoms with van der Waals surface area (Å²) in [6, 6.07) is 6.98. The van der Waals surface area contributed by atoms with Gasteiger partial charge in [-0.15, -0.1) is 0 Å². The second-order valence-corrected chi connectivity index (χ2v) is 3.21. The molecule has 3 heteroatoms. The van der Waals surface area contributed by atoms with E-state index in [1.807, 2.05) is 19.9 Å². The van der Waals surface area contributed by atoms with Crippen LogP contribution in [0.3, 0.4) is 0 Å². The van der Waals surface area contributed by atoms with Crippen molar-refractivity contribution in [3.05, 3.63) is 29.8 Å². The van der Waals surface area contributed by atoms with Crippen molar-refractivity contribution in [3.63, 3.8) is 0 Å². The Morgan fingerprint density at radius 2 is 2.29 bits per heavy atom. The SMILES string of the molecule is CCN(C=O)C(C)c1cccc(O)c1. The standard InChI is InChI=1S/C11H15NO2/c1-3-12(8-13)9(2)10-5-4-6-11(14)7-10/h4-9,14H,3H2,1-2H3. The Morgan fingerprint density at radius 3 is 2.79 bits per heavy atom. The molecule has 3 nitrogen and oxygen atoms in total. The number of nitrogens with zero attached hydrogens (tertiary/aromatic N) is 1. The minimum Gasteiger partial charge on any atom is -0.508 e. The van der Waals surface area contributed by atoms with E-state index in [4.69, 9.17) is 0 Å². The fraction of sp³-hybridized carbons (Fsp3) is 0.364. The quantitative estimate of drug-likeness (QED) is 0.742. The average molecular weight is 193 g/mol. The van der Waals surface area contributed by atoms with E-state index in [2.05, 4.69) is 0 Å². The first kappa shape index (κ1) is 10.6. The van der Waals surface area contributed by atoms with Crippen LogP contribution in [0, 0.1) is 0 Å². The molecular formula is C11H15NO2. The molecule has 14 heavy (non-hydrogen) atoms. The molecule has 76 valence electrons. The Hall–Kier alpha value is -1.51. The maximum atomic E-state index is 10.7. The van der Waals surface area contributed by atoms with Gasteiger partial charge in [0, 0.05) is 6.54 Å². The molecule has 1 amide bonds. The number of aromatic hydroxyl groups is 1. The molecule has 1 N–H and O–H groups in total. The molecule has 0 saturated heterocycles. The highest BCUT2D eigenvalue weighted by Gasteiger charge is 2.11. The number of hydrogen-bond acceptors (Lipinski definition) is 2. The van der Waals surface area contributed by atoms with Crippen LogP contribution in [0.1, 0.15) is 25.5 Å². The number of carbonyl (C=O) groups excluding carboxylic acids is 1. The molecule has 0 fully saturated rings. The monoisotopic (exact) mass is 193 g/mol. The number of phenols is 1. The zero-order chi connectivity index (χ0) is 10.6. The second-order valence-electron chi connectivity index (χ2n) is 3.21. The number of hydrogen-bond donors (Lipinski definition) is 1. The van der Waals surface area contributed by atoms with Gasteiger partial charge in [0.1, 0.15) is 5.75 Å². The van der Waals surface area contributed by atoms with Crippen LogP contribution in [0.5, 0.6) is 5.75 Å². The average Bonchev–Trinajstić information content (AvgIpc) is 2.19. The van der Waals surface area contributed by atoms with Crippen LogP contribution < -0.4 is 0 Å². The van der Waals surface area contributed by atoms with Crippen LogP contribution in [0.25, 0.3) is 0 Å². The molecule has 0 saturated carbocycles. The number of benzene rings is 1. The van der Waals surface area contributed by atoms with Crippen LogP contribution in [-0.2, 0) is 4.79 Å². The van der Waals surface area contributed by atoms with E-state index in [9.17, 15) is 9.90 Å². The minimum atomic E-state index is 0.00426. The first-order valence-corrected chi connectivity index (χ1v) is 4.69. The van der Waals surface area contributed by atoms with Crippen molar-refractivity contribution >= 4 is 6.41 Å². The summed E-state index contributed by atoms with van der Waals surface area (Å²) >= 11 is 0. The van der Waals surface area contributed by atoms with Crippen molar-refractivity contribution in [2.75, 3.05) is 6.54 Å². The van der Waals surface area contributed by atoms with Crippen molar-refractivity contribution in [2.45, 2.75) is 19.9 Å². The maximum Gasteiger partial charge on any atom is 0.210 e. The normalized spacial score (nSPS) is 12.1. The van der Waals surface area contributed by atoms with Crippen molar-refractivity contribution in [2.24, 2.45) is 0 Å². The molecule has 0 radical (unpaired) electrons. The minimum absolute atomic E-state index is 0.00426. The summed E-state index contributed by atoms with van der Waals surface area (Å²) in [7, 11) is 0. The van der Waals surface area contributed by atoms with E-state index in [0.29, 0.717) is 6.54 Å². The zero-order valence-corrected chi connectivity index (χ0v) is 8.47. The van der Waals surface area contributed by atoms with E-state index in [1.54, 1.807) is 23.1 Å². The Kier molecular flexibility index (Phi) is 3.51. The van der Waals surface area contributed by atoms with Gasteiger partial charge in [-0.3, -0.25) is 4.79 Å². The Labute approximate surface area is 84.0 Å². The summed E-state index contributed by atoms with van der Waals surface area (Å²) in [6.07, 6.45) is 0.828. The van der Waals surface area contributed by atoms with Crippen molar-refractivity contribution < 1.29 is 9.90 Å². The molecule has 0 aliphatic carbocycles. The maximum absolute atomic E-state index is 10.7. The second kappa shape index (κ2) is 4.65. The third-order valence-electron chi connectivity index (χ3n) is 2.35. The van der Waals surface area contributed by atoms with Gasteiger partial charge < -0.3 is 10.0 Å². The fourth-order valence-electron chi connectivity index (χ4n) is 1.42. The van der Waals surface area contributed by atoms with Crippen LogP contribution in [0.2, 0.25) is 0 Å². The molecule has 1 atom stereocenters. The molecule has 0 aliphatic rings. The summed E-state index contributed by atoms with van der Waals surface area (Å²) in [5, 5.41) is 9.28. The highest BCUT2D eigenvalue weighted by molar-refractivity contribution is 5.48. The first-order valence-electron chi connectivity index (χ1n) is 4.69. The lowest BCUT2D eigenvalue weighted by Crippen LogP contribution is -2.24. The van der Waals surface area contributed by atoms with Gasteiger partial charge >= 0.3 is 0 Å².